The molecule has 0 saturated carbocycles. The first kappa shape index (κ1) is 91.6. The third-order valence-electron chi connectivity index (χ3n) is 28.4. The number of benzene rings is 8. The van der Waals surface area contributed by atoms with Gasteiger partial charge in [-0.2, -0.15) is 0 Å². The number of anilines is 3. The van der Waals surface area contributed by atoms with Crippen molar-refractivity contribution in [2.24, 2.45) is 0 Å². The molecule has 682 valence electrons. The van der Waals surface area contributed by atoms with Crippen LogP contribution in [0.15, 0.2) is 198 Å². The molecule has 0 unspecified atom stereocenters. The van der Waals surface area contributed by atoms with E-state index in [-0.39, 0.29) is 52.6 Å². The molecule has 12 heterocycles. The minimum absolute atomic E-state index is 0.00985. The number of nitrogens with one attached hydrogen (secondary N) is 1. The average molecular weight is 1850 g/mol. The zero-order chi connectivity index (χ0) is 91.3. The number of piperidine rings is 4. The number of aryl methyl sites for hydroxylation is 5. The number of amides is 3. The van der Waals surface area contributed by atoms with Crippen molar-refractivity contribution in [3.05, 3.63) is 259 Å². The van der Waals surface area contributed by atoms with Gasteiger partial charge in [0.05, 0.1) is 64.5 Å². The Hall–Kier alpha value is -11.3. The van der Waals surface area contributed by atoms with Gasteiger partial charge in [-0.15, -0.1) is 0 Å². The number of carbonyl (C=O) groups is 7. The van der Waals surface area contributed by atoms with Crippen LogP contribution in [0.1, 0.15) is 187 Å². The predicted molar refractivity (Wildman–Crippen MR) is 528 cm³/mol. The number of likely N-dealkylation sites (tertiary alicyclic amines) is 4. The minimum Gasteiger partial charge on any atom is -0.495 e. The van der Waals surface area contributed by atoms with Crippen LogP contribution in [0.3, 0.4) is 0 Å². The number of halogens is 2. The fraction of sp³-hybridized carbons (Fsp3) is 0.402. The highest BCUT2D eigenvalue weighted by Gasteiger charge is 2.39. The Labute approximate surface area is 780 Å². The van der Waals surface area contributed by atoms with Crippen molar-refractivity contribution in [3.8, 4) is 5.75 Å². The van der Waals surface area contributed by atoms with Crippen molar-refractivity contribution >= 4 is 140 Å². The Balaban J connectivity index is 0.000000122. The molecule has 1 N–H and O–H groups in total. The summed E-state index contributed by atoms with van der Waals surface area (Å²) in [7, 11) is 1.67. The second-order valence-corrected chi connectivity index (χ2v) is 37.8. The third-order valence-corrected chi connectivity index (χ3v) is 29.4. The van der Waals surface area contributed by atoms with Gasteiger partial charge in [-0.3, -0.25) is 38.1 Å². The van der Waals surface area contributed by atoms with Gasteiger partial charge in [0.2, 0.25) is 17.7 Å². The predicted octanol–water partition coefficient (Wildman–Crippen LogP) is 19.4. The van der Waals surface area contributed by atoms with Crippen LogP contribution in [-0.2, 0) is 66.2 Å². The van der Waals surface area contributed by atoms with Crippen molar-refractivity contribution in [2.45, 2.75) is 195 Å². The highest BCUT2D eigenvalue weighted by Crippen LogP contribution is 2.40. The summed E-state index contributed by atoms with van der Waals surface area (Å²) in [6.07, 6.45) is 20.6. The number of nitrogens with zero attached hydrogens (tertiary/aromatic N) is 12. The number of aromatic amines is 1. The number of aromatic nitrogens is 6. The summed E-state index contributed by atoms with van der Waals surface area (Å²) in [6, 6.07) is 57.7. The lowest BCUT2D eigenvalue weighted by molar-refractivity contribution is -0.118. The topological polar surface area (TPSA) is 209 Å². The van der Waals surface area contributed by atoms with Crippen LogP contribution in [0.4, 0.5) is 17.1 Å². The molecule has 0 aliphatic carbocycles. The molecule has 0 atom stereocenters. The zero-order valence-electron chi connectivity index (χ0n) is 76.6. The molecule has 131 heavy (non-hydrogen) atoms. The molecule has 22 nitrogen and oxygen atoms in total. The van der Waals surface area contributed by atoms with E-state index in [1.807, 2.05) is 137 Å². The van der Waals surface area contributed by atoms with Crippen LogP contribution in [0.2, 0.25) is 5.02 Å². The van der Waals surface area contributed by atoms with Crippen LogP contribution < -0.4 is 25.1 Å². The molecule has 0 bridgehead atoms. The normalized spacial score (nSPS) is 16.8. The first-order chi connectivity index (χ1) is 63.6. The van der Waals surface area contributed by atoms with Crippen molar-refractivity contribution in [1.29, 1.82) is 0 Å². The summed E-state index contributed by atoms with van der Waals surface area (Å²) < 4.78 is 17.4. The maximum absolute atomic E-state index is 12.6. The Morgan fingerprint density at radius 1 is 0.412 bits per heavy atom. The lowest BCUT2D eigenvalue weighted by Gasteiger charge is -2.37. The van der Waals surface area contributed by atoms with Crippen molar-refractivity contribution < 1.29 is 38.3 Å². The first-order valence-electron chi connectivity index (χ1n) is 47.2. The maximum Gasteiger partial charge on any atom is 0.326 e. The van der Waals surface area contributed by atoms with Gasteiger partial charge in [0.25, 0.3) is 0 Å². The second-order valence-electron chi connectivity index (χ2n) is 36.6. The van der Waals surface area contributed by atoms with E-state index >= 15 is 0 Å². The zero-order valence-corrected chi connectivity index (χ0v) is 79.0. The second kappa shape index (κ2) is 40.8. The molecular weight excluding hydrogens is 1730 g/mol. The van der Waals surface area contributed by atoms with E-state index in [0.29, 0.717) is 42.4 Å². The molecule has 0 spiro atoms. The summed E-state index contributed by atoms with van der Waals surface area (Å²) in [5, 5.41) is 4.68. The van der Waals surface area contributed by atoms with E-state index in [1.54, 1.807) is 34.8 Å². The van der Waals surface area contributed by atoms with Crippen molar-refractivity contribution in [2.75, 3.05) is 100 Å². The Morgan fingerprint density at radius 3 is 1.24 bits per heavy atom. The standard InChI is InChI=1S/C28H33N3O2.C27H30BrN3O2.C26H28ClN3O2.C26H30N4O3/c1-3-21-9-6-10-24-25(20(2)32)19-30(28(21)24)15-7-14-29-16-12-23(13-17-29)31-26-11-5-4-8-22(26)18-27(31)33;1-18-26(19(2)32)22-8-5-9-23(28)27(22)30(18)14-6-13-29-15-11-21(12-16-29)31-24-10-4-3-7-20(24)17-25(31)33;1-18(31)22-17-29(26-21(22)7-4-8-23(26)27)13-5-12-28-14-10-20(11-15-28)30-24-9-3-2-6-19(24)16-25(30)32;1-18(31)21-17-29(25-20(21)7-5-10-24(25)33-2)14-6-13-28-15-11-19(12-16-28)30-23-9-4-3-8-22(23)27-26(30)32/h4-6,8-11,19,23H,3,7,12-18H2,1-2H3;3-5,7-10,21H,6,11-17H2,1-2H3;2-4,6-9,17,20H,5,10-16H2,1H3;3-5,7-10,17,19H,6,11-16H2,1-2H3,(H,27,32). The van der Waals surface area contributed by atoms with E-state index in [1.165, 1.54) is 16.6 Å². The minimum atomic E-state index is -0.00985. The molecule has 3 amide bonds. The molecule has 4 saturated heterocycles. The quantitative estimate of drug-likeness (QED) is 0.0501. The van der Waals surface area contributed by atoms with E-state index in [4.69, 9.17) is 16.3 Å². The van der Waals surface area contributed by atoms with E-state index in [2.05, 4.69) is 143 Å². The van der Waals surface area contributed by atoms with Gasteiger partial charge < -0.3 is 62.3 Å². The monoisotopic (exact) mass is 1850 g/mol. The summed E-state index contributed by atoms with van der Waals surface area (Å²) in [4.78, 5) is 118. The van der Waals surface area contributed by atoms with Crippen LogP contribution in [0.5, 0.6) is 5.75 Å². The summed E-state index contributed by atoms with van der Waals surface area (Å²) in [5.74, 6) is 1.92. The summed E-state index contributed by atoms with van der Waals surface area (Å²) in [6.45, 7) is 26.3. The first-order valence-corrected chi connectivity index (χ1v) is 48.4. The van der Waals surface area contributed by atoms with Crippen molar-refractivity contribution in [3.63, 3.8) is 0 Å². The van der Waals surface area contributed by atoms with Gasteiger partial charge in [-0.1, -0.05) is 140 Å². The number of carbonyl (C=O) groups excluding carboxylic acids is 7. The number of para-hydroxylation sites is 9. The molecule has 8 aromatic carbocycles. The number of hydrogen-bond acceptors (Lipinski definition) is 13. The molecule has 5 aromatic heterocycles. The Bertz CT molecular complexity index is 6490. The highest BCUT2D eigenvalue weighted by molar-refractivity contribution is 9.10. The number of ether oxygens (including phenoxy) is 1. The van der Waals surface area contributed by atoms with Gasteiger partial charge in [-0.05, 0) is 231 Å². The van der Waals surface area contributed by atoms with Crippen LogP contribution in [-0.4, -0.2) is 192 Å². The van der Waals surface area contributed by atoms with Crippen LogP contribution in [0.25, 0.3) is 54.6 Å². The summed E-state index contributed by atoms with van der Waals surface area (Å²) in [5.41, 5.74) is 18.5. The lowest BCUT2D eigenvalue weighted by atomic mass is 10.0. The molecule has 4 fully saturated rings. The maximum atomic E-state index is 12.6. The lowest BCUT2D eigenvalue weighted by Crippen LogP contribution is -2.46. The molecule has 0 radical (unpaired) electrons. The number of ketones is 4. The SMILES string of the molecule is CC(=O)c1c(C)n(CCCN2CCC(N3C(=O)Cc4ccccc43)CC2)c2c(Br)cccc12.CC(=O)c1cn(CCCN2CCC(N3C(=O)Cc4ccccc43)CC2)c2c(Cl)cccc12.CCc1cccc2c(C(C)=O)cn(CCCN3CCC(N4C(=O)Cc5ccccc54)CC3)c12.COc1cccc2c(C(C)=O)cn(CCCN3CCC(n4c(=O)[nH]c5ccccc54)CC3)c12. The highest BCUT2D eigenvalue weighted by atomic mass is 79.9. The van der Waals surface area contributed by atoms with Crippen LogP contribution in [0, 0.1) is 6.92 Å². The molecule has 7 aliphatic rings. The smallest absolute Gasteiger partial charge is 0.326 e. The largest absolute Gasteiger partial charge is 0.495 e. The number of rotatable bonds is 26. The van der Waals surface area contributed by atoms with Gasteiger partial charge >= 0.3 is 5.69 Å². The van der Waals surface area contributed by atoms with E-state index in [0.717, 1.165) is 304 Å². The molecular formula is C107H121BrClN13O9. The number of H-pyrrole nitrogens is 1. The fourth-order valence-corrected chi connectivity index (χ4v) is 22.9. The fourth-order valence-electron chi connectivity index (χ4n) is 22.0. The van der Waals surface area contributed by atoms with Gasteiger partial charge in [-0.25, -0.2) is 4.79 Å². The van der Waals surface area contributed by atoms with E-state index < -0.39 is 0 Å². The van der Waals surface area contributed by atoms with Gasteiger partial charge in [0.15, 0.2) is 23.1 Å². The van der Waals surface area contributed by atoms with Gasteiger partial charge in [0.1, 0.15) is 5.75 Å². The molecule has 24 heteroatoms. The number of methoxy groups -OCH3 is 1. The number of Topliss-reactive ketones (excluding diaryl/α,β-unsaturated/α-hetero) is 4. The number of fused-ring (bicyclic) bond motifs is 8. The van der Waals surface area contributed by atoms with Crippen molar-refractivity contribution in [1.82, 2.24) is 47.4 Å². The van der Waals surface area contributed by atoms with E-state index in [9.17, 15) is 38.4 Å². The average Bonchev–Trinajstić information content (AvgIpc) is 1.58. The third kappa shape index (κ3) is 19.4. The Kier molecular flexibility index (Phi) is 28.5. The van der Waals surface area contributed by atoms with Gasteiger partial charge in [0, 0.05) is 192 Å². The van der Waals surface area contributed by atoms with Crippen LogP contribution >= 0.6 is 27.5 Å². The Morgan fingerprint density at radius 2 is 0.794 bits per heavy atom. The number of imidazole rings is 1. The number of hydrogen-bond donors (Lipinski definition) is 1. The molecule has 13 aromatic rings. The molecule has 20 rings (SSSR count). The molecule has 7 aliphatic heterocycles. The summed E-state index contributed by atoms with van der Waals surface area (Å²) >= 11 is 10.2.